The summed E-state index contributed by atoms with van der Waals surface area (Å²) in [6, 6.07) is 2.49. The molecule has 17 heteroatoms. The molecule has 0 unspecified atom stereocenters. The van der Waals surface area contributed by atoms with E-state index in [4.69, 9.17) is 11.6 Å². The maximum Gasteiger partial charge on any atom is 0.416 e. The summed E-state index contributed by atoms with van der Waals surface area (Å²) in [5, 5.41) is 16.9. The predicted octanol–water partition coefficient (Wildman–Crippen LogP) is 3.89. The highest BCUT2D eigenvalue weighted by atomic mass is 79.9. The van der Waals surface area contributed by atoms with E-state index < -0.39 is 29.0 Å². The van der Waals surface area contributed by atoms with E-state index in [0.717, 1.165) is 22.7 Å². The third kappa shape index (κ3) is 4.67. The van der Waals surface area contributed by atoms with Gasteiger partial charge in [-0.25, -0.2) is 9.97 Å². The average Bonchev–Trinajstić information content (AvgIpc) is 3.57. The van der Waals surface area contributed by atoms with Gasteiger partial charge in [-0.2, -0.15) is 22.7 Å². The molecule has 234 valence electrons. The van der Waals surface area contributed by atoms with Crippen LogP contribution in [0.5, 0.6) is 5.75 Å². The first-order valence-electron chi connectivity index (χ1n) is 14.0. The van der Waals surface area contributed by atoms with Crippen LogP contribution in [-0.4, -0.2) is 63.5 Å². The van der Waals surface area contributed by atoms with Crippen LogP contribution >= 0.6 is 27.5 Å². The Labute approximate surface area is 265 Å². The van der Waals surface area contributed by atoms with Crippen LogP contribution in [0.25, 0.3) is 5.78 Å². The molecule has 3 atom stereocenters. The molecular weight excluding hydrogens is 685 g/mol. The van der Waals surface area contributed by atoms with Gasteiger partial charge in [0.05, 0.1) is 22.0 Å². The normalized spacial score (nSPS) is 22.0. The zero-order valence-corrected chi connectivity index (χ0v) is 25.7. The van der Waals surface area contributed by atoms with Crippen LogP contribution in [0, 0.1) is 12.8 Å². The number of halogens is 5. The number of rotatable bonds is 4. The molecule has 12 nitrogen and oxygen atoms in total. The number of nitrogens with one attached hydrogen (secondary N) is 1. The number of carbonyl (C=O) groups excluding carboxylic acids is 2. The Morgan fingerprint density at radius 1 is 1.24 bits per heavy atom. The van der Waals surface area contributed by atoms with Gasteiger partial charge in [-0.1, -0.05) is 11.6 Å². The van der Waals surface area contributed by atoms with Crippen molar-refractivity contribution in [3.63, 3.8) is 0 Å². The molecule has 7 rings (SSSR count). The van der Waals surface area contributed by atoms with Crippen molar-refractivity contribution < 1.29 is 27.9 Å². The Hall–Kier alpha value is -4.05. The summed E-state index contributed by atoms with van der Waals surface area (Å²) in [6.07, 6.45) is -1.16. The fraction of sp³-hybridized carbons (Fsp3) is 0.393. The lowest BCUT2D eigenvalue weighted by molar-refractivity contribution is -0.137. The van der Waals surface area contributed by atoms with E-state index in [-0.39, 0.29) is 56.7 Å². The molecule has 1 spiro atoms. The highest BCUT2D eigenvalue weighted by Gasteiger charge is 2.63. The number of alkyl halides is 3. The van der Waals surface area contributed by atoms with Crippen molar-refractivity contribution in [2.45, 2.75) is 56.8 Å². The summed E-state index contributed by atoms with van der Waals surface area (Å²) in [5.41, 5.74) is -0.488. The molecule has 2 aliphatic carbocycles. The van der Waals surface area contributed by atoms with E-state index in [1.54, 1.807) is 16.4 Å². The van der Waals surface area contributed by atoms with Crippen LogP contribution in [0.2, 0.25) is 5.02 Å². The Morgan fingerprint density at radius 3 is 2.76 bits per heavy atom. The Kier molecular flexibility index (Phi) is 6.74. The lowest BCUT2D eigenvalue weighted by Crippen LogP contribution is -2.48. The number of anilines is 1. The maximum absolute atomic E-state index is 14.0. The Balaban J connectivity index is 1.21. The molecule has 0 radical (unpaired) electrons. The number of nitrogens with zero attached hydrogens (tertiary/aromatic N) is 7. The minimum absolute atomic E-state index is 0.00488. The van der Waals surface area contributed by atoms with Gasteiger partial charge in [-0.15, -0.1) is 5.10 Å². The number of aromatic hydroxyl groups is 1. The van der Waals surface area contributed by atoms with Crippen LogP contribution in [-0.2, 0) is 29.4 Å². The van der Waals surface area contributed by atoms with Crippen molar-refractivity contribution in [2.24, 2.45) is 5.92 Å². The number of aryl methyl sites for hydroxylation is 1. The number of hydrogen-bond acceptors (Lipinski definition) is 8. The molecule has 0 bridgehead atoms. The second-order valence-electron chi connectivity index (χ2n) is 11.5. The summed E-state index contributed by atoms with van der Waals surface area (Å²) in [7, 11) is 0. The highest BCUT2D eigenvalue weighted by Crippen LogP contribution is 2.60. The largest absolute Gasteiger partial charge is 0.504 e. The van der Waals surface area contributed by atoms with E-state index in [1.165, 1.54) is 6.33 Å². The lowest BCUT2D eigenvalue weighted by atomic mass is 9.73. The molecule has 4 aromatic rings. The number of amides is 2. The van der Waals surface area contributed by atoms with E-state index in [0.29, 0.717) is 49.2 Å². The Morgan fingerprint density at radius 2 is 2.02 bits per heavy atom. The zero-order valence-electron chi connectivity index (χ0n) is 23.4. The summed E-state index contributed by atoms with van der Waals surface area (Å²) < 4.78 is 42.1. The third-order valence-corrected chi connectivity index (χ3v) is 9.79. The Bertz CT molecular complexity index is 2000. The van der Waals surface area contributed by atoms with E-state index in [9.17, 15) is 32.7 Å². The lowest BCUT2D eigenvalue weighted by Gasteiger charge is -2.39. The fourth-order valence-electron chi connectivity index (χ4n) is 7.02. The molecule has 2 amide bonds. The topological polar surface area (TPSA) is 148 Å². The van der Waals surface area contributed by atoms with Crippen molar-refractivity contribution in [1.29, 1.82) is 0 Å². The molecule has 2 N–H and O–H groups in total. The van der Waals surface area contributed by atoms with Crippen molar-refractivity contribution in [1.82, 2.24) is 34.0 Å². The molecule has 3 aromatic heterocycles. The standard InChI is InChI=1S/C28H23BrClF3N8O4/c1-12-22(43)21(35-11-34-12)24(45)39-7-6-27(14-9-18(14)39)5-4-17-20(27)23(44)41-26(37-25(29)38-41)40(17)10-19(42)36-16-3-2-13(8-15(16)30)28(31,32)33/h2-3,8,11,14,18,43H,4-7,9-10H2,1H3,(H,36,42)/t14-,18+,27+/m1/s1. The number of aromatic nitrogens is 6. The van der Waals surface area contributed by atoms with E-state index in [2.05, 4.69) is 41.3 Å². The van der Waals surface area contributed by atoms with Crippen LogP contribution in [0.1, 0.15) is 52.3 Å². The van der Waals surface area contributed by atoms with Crippen molar-refractivity contribution in [3.8, 4) is 5.75 Å². The first kappa shape index (κ1) is 29.6. The van der Waals surface area contributed by atoms with Crippen LogP contribution in [0.3, 0.4) is 0 Å². The predicted molar refractivity (Wildman–Crippen MR) is 156 cm³/mol. The second kappa shape index (κ2) is 10.2. The van der Waals surface area contributed by atoms with Gasteiger partial charge in [0.2, 0.25) is 16.4 Å². The molecular formula is C28H23BrClF3N8O4. The van der Waals surface area contributed by atoms with Gasteiger partial charge in [-0.3, -0.25) is 14.4 Å². The van der Waals surface area contributed by atoms with Crippen LogP contribution in [0.15, 0.2) is 34.1 Å². The van der Waals surface area contributed by atoms with Crippen LogP contribution in [0.4, 0.5) is 18.9 Å². The van der Waals surface area contributed by atoms with Gasteiger partial charge >= 0.3 is 6.18 Å². The molecule has 1 saturated heterocycles. The van der Waals surface area contributed by atoms with E-state index >= 15 is 0 Å². The van der Waals surface area contributed by atoms with Crippen LogP contribution < -0.4 is 10.9 Å². The minimum atomic E-state index is -4.59. The molecule has 1 aromatic carbocycles. The number of fused-ring (bicyclic) bond motifs is 5. The molecule has 45 heavy (non-hydrogen) atoms. The summed E-state index contributed by atoms with van der Waals surface area (Å²) in [6.45, 7) is 1.60. The highest BCUT2D eigenvalue weighted by molar-refractivity contribution is 9.10. The molecule has 4 heterocycles. The van der Waals surface area contributed by atoms with Gasteiger partial charge < -0.3 is 19.9 Å². The first-order valence-corrected chi connectivity index (χ1v) is 15.1. The van der Waals surface area contributed by atoms with Crippen molar-refractivity contribution >= 4 is 50.8 Å². The van der Waals surface area contributed by atoms with Gasteiger partial charge in [0.15, 0.2) is 11.4 Å². The second-order valence-corrected chi connectivity index (χ2v) is 12.6. The number of likely N-dealkylation sites (tertiary alicyclic amines) is 1. The van der Waals surface area contributed by atoms with E-state index in [1.807, 2.05) is 0 Å². The molecule has 1 aliphatic heterocycles. The SMILES string of the molecule is Cc1ncnc(C(=O)N2CC[C@@]3(CCc4c3c(=O)n3nc(Br)nc3n4CC(=O)Nc3ccc(C(F)(F)F)cc3Cl)[C@@H]3C[C@@H]32)c1O. The summed E-state index contributed by atoms with van der Waals surface area (Å²) in [4.78, 5) is 54.6. The fourth-order valence-corrected chi connectivity index (χ4v) is 7.56. The number of hydrogen-bond donors (Lipinski definition) is 2. The van der Waals surface area contributed by atoms with Gasteiger partial charge in [0.1, 0.15) is 12.9 Å². The summed E-state index contributed by atoms with van der Waals surface area (Å²) in [5.74, 6) is -1.15. The average molecular weight is 708 g/mol. The maximum atomic E-state index is 14.0. The van der Waals surface area contributed by atoms with Gasteiger partial charge in [0.25, 0.3) is 11.5 Å². The van der Waals surface area contributed by atoms with Crippen molar-refractivity contribution in [2.75, 3.05) is 11.9 Å². The summed E-state index contributed by atoms with van der Waals surface area (Å²) >= 11 is 9.28. The molecule has 1 saturated carbocycles. The van der Waals surface area contributed by atoms with Gasteiger partial charge in [-0.05, 0) is 72.7 Å². The zero-order chi connectivity index (χ0) is 32.0. The third-order valence-electron chi connectivity index (χ3n) is 9.14. The minimum Gasteiger partial charge on any atom is -0.504 e. The number of carbonyl (C=O) groups is 2. The smallest absolute Gasteiger partial charge is 0.416 e. The number of piperidine rings is 1. The van der Waals surface area contributed by atoms with Gasteiger partial charge in [0, 0.05) is 29.3 Å². The number of benzene rings is 1. The quantitative estimate of drug-likeness (QED) is 0.325. The first-order chi connectivity index (χ1) is 21.3. The monoisotopic (exact) mass is 706 g/mol. The molecule has 3 aliphatic rings. The van der Waals surface area contributed by atoms with Crippen molar-refractivity contribution in [3.05, 3.63) is 72.8 Å². The molecule has 2 fully saturated rings.